The number of amides is 1. The first kappa shape index (κ1) is 24.7. The number of benzene rings is 3. The van der Waals surface area contributed by atoms with Crippen molar-refractivity contribution in [2.45, 2.75) is 11.4 Å². The Hall–Kier alpha value is -2.45. The van der Waals surface area contributed by atoms with Crippen LogP contribution in [0.15, 0.2) is 82.6 Å². The van der Waals surface area contributed by atoms with Crippen LogP contribution in [0.25, 0.3) is 6.08 Å². The summed E-state index contributed by atoms with van der Waals surface area (Å²) in [7, 11) is 1.57. The molecule has 1 aliphatic heterocycles. The van der Waals surface area contributed by atoms with Crippen molar-refractivity contribution in [1.82, 2.24) is 4.90 Å². The lowest BCUT2D eigenvalue weighted by atomic mass is 10.1. The van der Waals surface area contributed by atoms with Gasteiger partial charge in [-0.05, 0) is 41.5 Å². The average molecular weight is 528 g/mol. The van der Waals surface area contributed by atoms with Crippen LogP contribution < -0.4 is 9.47 Å². The van der Waals surface area contributed by atoms with Crippen molar-refractivity contribution in [3.63, 3.8) is 0 Å². The highest BCUT2D eigenvalue weighted by Gasteiger charge is 2.32. The standard InChI is InChI=1S/C26H22ClNO3S3/c1-30-22-15-19(14-21(27)24(22)31-12-13-33-20-10-6-3-7-11-20)16-23-25(29)28(26(32)34-23)17-18-8-4-2-5-9-18/h2-11,14-16H,12-13,17H2,1H3/b23-16-. The monoisotopic (exact) mass is 527 g/mol. The van der Waals surface area contributed by atoms with Crippen LogP contribution in [0, 0.1) is 0 Å². The molecule has 1 heterocycles. The van der Waals surface area contributed by atoms with Crippen molar-refractivity contribution in [2.24, 2.45) is 0 Å². The molecule has 0 aromatic heterocycles. The zero-order chi connectivity index (χ0) is 23.9. The number of methoxy groups -OCH3 is 1. The summed E-state index contributed by atoms with van der Waals surface area (Å²) in [6.45, 7) is 0.924. The first-order valence-corrected chi connectivity index (χ1v) is 13.1. The number of thiocarbonyl (C=S) groups is 1. The van der Waals surface area contributed by atoms with E-state index in [1.165, 1.54) is 16.7 Å². The van der Waals surface area contributed by atoms with Gasteiger partial charge in [-0.25, -0.2) is 0 Å². The van der Waals surface area contributed by atoms with E-state index >= 15 is 0 Å². The van der Waals surface area contributed by atoms with E-state index in [1.807, 2.05) is 54.6 Å². The topological polar surface area (TPSA) is 38.8 Å². The third-order valence-corrected chi connectivity index (χ3v) is 7.58. The van der Waals surface area contributed by atoms with Gasteiger partial charge in [-0.1, -0.05) is 84.1 Å². The number of hydrogen-bond acceptors (Lipinski definition) is 6. The Balaban J connectivity index is 1.44. The Labute approximate surface area is 218 Å². The number of hydrogen-bond donors (Lipinski definition) is 0. The lowest BCUT2D eigenvalue weighted by Crippen LogP contribution is -2.27. The molecule has 0 atom stereocenters. The predicted octanol–water partition coefficient (Wildman–Crippen LogP) is 6.92. The van der Waals surface area contributed by atoms with E-state index in [0.717, 1.165) is 16.9 Å². The fraction of sp³-hybridized carbons (Fsp3) is 0.154. The molecule has 1 saturated heterocycles. The number of carbonyl (C=O) groups excluding carboxylic acids is 1. The van der Waals surface area contributed by atoms with E-state index in [-0.39, 0.29) is 5.91 Å². The van der Waals surface area contributed by atoms with Crippen LogP contribution in [-0.2, 0) is 11.3 Å². The maximum absolute atomic E-state index is 13.0. The van der Waals surface area contributed by atoms with Gasteiger partial charge in [0, 0.05) is 10.6 Å². The minimum absolute atomic E-state index is 0.118. The van der Waals surface area contributed by atoms with Crippen molar-refractivity contribution in [3.05, 3.63) is 93.9 Å². The lowest BCUT2D eigenvalue weighted by molar-refractivity contribution is -0.122. The van der Waals surface area contributed by atoms with E-state index in [0.29, 0.717) is 38.9 Å². The first-order chi connectivity index (χ1) is 16.5. The number of nitrogens with zero attached hydrogens (tertiary/aromatic N) is 1. The fourth-order valence-electron chi connectivity index (χ4n) is 3.34. The second-order valence-corrected chi connectivity index (χ2v) is 10.5. The Bertz CT molecular complexity index is 1200. The molecular weight excluding hydrogens is 506 g/mol. The molecule has 3 aromatic rings. The summed E-state index contributed by atoms with van der Waals surface area (Å²) in [4.78, 5) is 16.3. The molecule has 34 heavy (non-hydrogen) atoms. The quantitative estimate of drug-likeness (QED) is 0.130. The minimum atomic E-state index is -0.118. The van der Waals surface area contributed by atoms with Crippen molar-refractivity contribution in [3.8, 4) is 11.5 Å². The highest BCUT2D eigenvalue weighted by molar-refractivity contribution is 8.26. The summed E-state index contributed by atoms with van der Waals surface area (Å²) >= 11 is 15.0. The van der Waals surface area contributed by atoms with Gasteiger partial charge in [0.25, 0.3) is 5.91 Å². The number of ether oxygens (including phenoxy) is 2. The van der Waals surface area contributed by atoms with E-state index in [4.69, 9.17) is 33.3 Å². The number of carbonyl (C=O) groups is 1. The van der Waals surface area contributed by atoms with Crippen LogP contribution in [0.3, 0.4) is 0 Å². The number of rotatable bonds is 9. The van der Waals surface area contributed by atoms with Gasteiger partial charge in [0.2, 0.25) is 0 Å². The second-order valence-electron chi connectivity index (χ2n) is 7.30. The van der Waals surface area contributed by atoms with Crippen LogP contribution in [0.1, 0.15) is 11.1 Å². The maximum atomic E-state index is 13.0. The Kier molecular flexibility index (Phi) is 8.56. The lowest BCUT2D eigenvalue weighted by Gasteiger charge is -2.14. The molecule has 0 saturated carbocycles. The van der Waals surface area contributed by atoms with Gasteiger partial charge in [0.15, 0.2) is 11.5 Å². The summed E-state index contributed by atoms with van der Waals surface area (Å²) in [5.74, 6) is 1.66. The van der Waals surface area contributed by atoms with Gasteiger partial charge in [-0.3, -0.25) is 9.69 Å². The van der Waals surface area contributed by atoms with E-state index in [9.17, 15) is 4.79 Å². The number of thioether (sulfide) groups is 2. The molecule has 174 valence electrons. The molecular formula is C26H22ClNO3S3. The first-order valence-electron chi connectivity index (χ1n) is 10.5. The third kappa shape index (κ3) is 6.16. The molecule has 1 fully saturated rings. The summed E-state index contributed by atoms with van der Waals surface area (Å²) < 4.78 is 12.0. The number of halogens is 1. The van der Waals surface area contributed by atoms with Gasteiger partial charge >= 0.3 is 0 Å². The van der Waals surface area contributed by atoms with Gasteiger partial charge < -0.3 is 9.47 Å². The molecule has 1 aliphatic rings. The summed E-state index contributed by atoms with van der Waals surface area (Å²) in [6.07, 6.45) is 1.79. The highest BCUT2D eigenvalue weighted by atomic mass is 35.5. The third-order valence-electron chi connectivity index (χ3n) is 4.95. The van der Waals surface area contributed by atoms with Gasteiger partial charge in [0.05, 0.1) is 30.2 Å². The molecule has 0 unspecified atom stereocenters. The van der Waals surface area contributed by atoms with Crippen LogP contribution in [0.2, 0.25) is 5.02 Å². The SMILES string of the molecule is COc1cc(/C=C2\SC(=S)N(Cc3ccccc3)C2=O)cc(Cl)c1OCCSc1ccccc1. The molecule has 8 heteroatoms. The van der Waals surface area contributed by atoms with Gasteiger partial charge in [0.1, 0.15) is 4.32 Å². The molecule has 0 N–H and O–H groups in total. The largest absolute Gasteiger partial charge is 0.493 e. The van der Waals surface area contributed by atoms with E-state index in [1.54, 1.807) is 35.9 Å². The van der Waals surface area contributed by atoms with Crippen molar-refractivity contribution in [2.75, 3.05) is 19.5 Å². The molecule has 4 rings (SSSR count). The van der Waals surface area contributed by atoms with E-state index < -0.39 is 0 Å². The van der Waals surface area contributed by atoms with Gasteiger partial charge in [-0.2, -0.15) is 0 Å². The van der Waals surface area contributed by atoms with Gasteiger partial charge in [-0.15, -0.1) is 11.8 Å². The molecule has 0 aliphatic carbocycles. The molecule has 0 spiro atoms. The minimum Gasteiger partial charge on any atom is -0.493 e. The summed E-state index contributed by atoms with van der Waals surface area (Å²) in [5, 5.41) is 0.426. The second kappa shape index (κ2) is 11.8. The Morgan fingerprint density at radius 3 is 2.50 bits per heavy atom. The smallest absolute Gasteiger partial charge is 0.266 e. The highest BCUT2D eigenvalue weighted by Crippen LogP contribution is 2.39. The molecule has 1 amide bonds. The van der Waals surface area contributed by atoms with Crippen molar-refractivity contribution >= 4 is 63.6 Å². The van der Waals surface area contributed by atoms with Crippen LogP contribution in [0.5, 0.6) is 11.5 Å². The Morgan fingerprint density at radius 1 is 1.09 bits per heavy atom. The summed E-state index contributed by atoms with van der Waals surface area (Å²) in [5.41, 5.74) is 1.77. The van der Waals surface area contributed by atoms with E-state index in [2.05, 4.69) is 12.1 Å². The Morgan fingerprint density at radius 2 is 1.79 bits per heavy atom. The zero-order valence-electron chi connectivity index (χ0n) is 18.4. The fourth-order valence-corrected chi connectivity index (χ4v) is 5.62. The van der Waals surface area contributed by atoms with Crippen LogP contribution in [0.4, 0.5) is 0 Å². The molecule has 3 aromatic carbocycles. The molecule has 0 bridgehead atoms. The van der Waals surface area contributed by atoms with Crippen molar-refractivity contribution in [1.29, 1.82) is 0 Å². The van der Waals surface area contributed by atoms with Crippen molar-refractivity contribution < 1.29 is 14.3 Å². The average Bonchev–Trinajstić information content (AvgIpc) is 3.11. The normalized spacial score (nSPS) is 14.6. The maximum Gasteiger partial charge on any atom is 0.266 e. The summed E-state index contributed by atoms with van der Waals surface area (Å²) in [6, 6.07) is 23.5. The predicted molar refractivity (Wildman–Crippen MR) is 146 cm³/mol. The molecule has 4 nitrogen and oxygen atoms in total. The molecule has 0 radical (unpaired) electrons. The van der Waals surface area contributed by atoms with Crippen LogP contribution >= 0.6 is 47.3 Å². The van der Waals surface area contributed by atoms with Crippen LogP contribution in [-0.4, -0.2) is 34.6 Å². The zero-order valence-corrected chi connectivity index (χ0v) is 21.6.